The van der Waals surface area contributed by atoms with E-state index < -0.39 is 0 Å². The zero-order chi connectivity index (χ0) is 17.6. The minimum Gasteiger partial charge on any atom is -0.396 e. The van der Waals surface area contributed by atoms with Gasteiger partial charge in [0.15, 0.2) is 0 Å². The van der Waals surface area contributed by atoms with E-state index in [1.54, 1.807) is 10.9 Å². The first-order valence-electron chi connectivity index (χ1n) is 7.99. The van der Waals surface area contributed by atoms with Crippen molar-refractivity contribution in [3.63, 3.8) is 0 Å². The maximum Gasteiger partial charge on any atom is 0.255 e. The van der Waals surface area contributed by atoms with Crippen LogP contribution in [0.5, 0.6) is 0 Å². The highest BCUT2D eigenvalue weighted by Crippen LogP contribution is 2.25. The minimum atomic E-state index is -0.200. The van der Waals surface area contributed by atoms with Gasteiger partial charge < -0.3 is 10.4 Å². The van der Waals surface area contributed by atoms with E-state index in [-0.39, 0.29) is 12.5 Å². The maximum atomic E-state index is 12.6. The fourth-order valence-electron chi connectivity index (χ4n) is 2.45. The van der Waals surface area contributed by atoms with Crippen LogP contribution in [0, 0.1) is 0 Å². The molecule has 6 heteroatoms. The summed E-state index contributed by atoms with van der Waals surface area (Å²) in [5, 5.41) is 16.3. The van der Waals surface area contributed by atoms with Crippen molar-refractivity contribution in [2.24, 2.45) is 0 Å². The number of carbonyl (C=O) groups is 1. The van der Waals surface area contributed by atoms with Gasteiger partial charge in [-0.15, -0.1) is 0 Å². The summed E-state index contributed by atoms with van der Waals surface area (Å²) in [7, 11) is 0. The maximum absolute atomic E-state index is 12.6. The number of carbonyl (C=O) groups excluding carboxylic acids is 1. The Bertz CT molecular complexity index is 845. The molecule has 0 aliphatic heterocycles. The van der Waals surface area contributed by atoms with Crippen molar-refractivity contribution in [1.29, 1.82) is 0 Å². The van der Waals surface area contributed by atoms with E-state index in [1.807, 2.05) is 54.6 Å². The summed E-state index contributed by atoms with van der Waals surface area (Å²) in [6, 6.07) is 17.4. The highest BCUT2D eigenvalue weighted by molar-refractivity contribution is 9.10. The number of nitrogens with one attached hydrogen (secondary N) is 1. The van der Waals surface area contributed by atoms with Gasteiger partial charge in [0.25, 0.3) is 5.91 Å². The van der Waals surface area contributed by atoms with Crippen LogP contribution < -0.4 is 5.32 Å². The fourth-order valence-corrected chi connectivity index (χ4v) is 2.71. The van der Waals surface area contributed by atoms with Crippen LogP contribution in [-0.2, 0) is 0 Å². The molecule has 3 rings (SSSR count). The third-order valence-electron chi connectivity index (χ3n) is 3.72. The number of nitrogens with zero attached hydrogens (tertiary/aromatic N) is 2. The molecule has 0 fully saturated rings. The molecule has 0 saturated carbocycles. The number of rotatable bonds is 6. The first kappa shape index (κ1) is 17.4. The standard InChI is InChI=1S/C19H18BrN3O2/c20-15-9-7-14(8-10-15)18-17(19(25)21-11-4-12-24)13-23(22-18)16-5-2-1-3-6-16/h1-3,5-10,13,24H,4,11-12H2,(H,21,25). The fraction of sp³-hybridized carbons (Fsp3) is 0.158. The Kier molecular flexibility index (Phi) is 5.63. The number of amides is 1. The molecule has 0 atom stereocenters. The van der Waals surface area contributed by atoms with Gasteiger partial charge in [-0.05, 0) is 30.7 Å². The lowest BCUT2D eigenvalue weighted by Crippen LogP contribution is -2.25. The van der Waals surface area contributed by atoms with Crippen molar-refractivity contribution >= 4 is 21.8 Å². The van der Waals surface area contributed by atoms with Crippen molar-refractivity contribution in [1.82, 2.24) is 15.1 Å². The highest BCUT2D eigenvalue weighted by Gasteiger charge is 2.18. The zero-order valence-corrected chi connectivity index (χ0v) is 15.1. The molecule has 2 N–H and O–H groups in total. The molecule has 0 radical (unpaired) electrons. The van der Waals surface area contributed by atoms with Gasteiger partial charge in [0.2, 0.25) is 0 Å². The second-order valence-corrected chi connectivity index (χ2v) is 6.43. The molecule has 3 aromatic rings. The molecule has 25 heavy (non-hydrogen) atoms. The molecule has 0 aliphatic carbocycles. The molecule has 2 aromatic carbocycles. The van der Waals surface area contributed by atoms with Gasteiger partial charge in [0, 0.05) is 29.4 Å². The summed E-state index contributed by atoms with van der Waals surface area (Å²) in [4.78, 5) is 12.6. The molecule has 0 bridgehead atoms. The van der Waals surface area contributed by atoms with Crippen LogP contribution in [0.25, 0.3) is 16.9 Å². The van der Waals surface area contributed by atoms with Gasteiger partial charge in [-0.25, -0.2) is 4.68 Å². The molecule has 0 spiro atoms. The van der Waals surface area contributed by atoms with Crippen molar-refractivity contribution in [3.05, 3.63) is 70.8 Å². The van der Waals surface area contributed by atoms with Crippen molar-refractivity contribution in [2.45, 2.75) is 6.42 Å². The lowest BCUT2D eigenvalue weighted by Gasteiger charge is -2.04. The Morgan fingerprint density at radius 1 is 1.12 bits per heavy atom. The summed E-state index contributed by atoms with van der Waals surface area (Å²) in [6.45, 7) is 0.467. The van der Waals surface area contributed by atoms with E-state index in [0.29, 0.717) is 24.2 Å². The summed E-state index contributed by atoms with van der Waals surface area (Å²) in [6.07, 6.45) is 2.26. The first-order chi connectivity index (χ1) is 12.2. The lowest BCUT2D eigenvalue weighted by atomic mass is 10.1. The van der Waals surface area contributed by atoms with Crippen molar-refractivity contribution < 1.29 is 9.90 Å². The number of aliphatic hydroxyl groups excluding tert-OH is 1. The van der Waals surface area contributed by atoms with E-state index in [9.17, 15) is 4.79 Å². The topological polar surface area (TPSA) is 67.2 Å². The van der Waals surface area contributed by atoms with Crippen LogP contribution in [-0.4, -0.2) is 33.9 Å². The van der Waals surface area contributed by atoms with Crippen LogP contribution in [0.4, 0.5) is 0 Å². The van der Waals surface area contributed by atoms with Gasteiger partial charge in [-0.1, -0.05) is 46.3 Å². The number of hydrogen-bond donors (Lipinski definition) is 2. The van der Waals surface area contributed by atoms with E-state index in [1.165, 1.54) is 0 Å². The van der Waals surface area contributed by atoms with Gasteiger partial charge >= 0.3 is 0 Å². The van der Waals surface area contributed by atoms with Crippen molar-refractivity contribution in [2.75, 3.05) is 13.2 Å². The molecule has 1 amide bonds. The second kappa shape index (κ2) is 8.09. The third-order valence-corrected chi connectivity index (χ3v) is 4.25. The Morgan fingerprint density at radius 2 is 1.84 bits per heavy atom. The Morgan fingerprint density at radius 3 is 2.52 bits per heavy atom. The molecule has 1 aromatic heterocycles. The quantitative estimate of drug-likeness (QED) is 0.624. The van der Waals surface area contributed by atoms with Crippen LogP contribution in [0.1, 0.15) is 16.8 Å². The smallest absolute Gasteiger partial charge is 0.255 e. The molecule has 1 heterocycles. The SMILES string of the molecule is O=C(NCCCO)c1cn(-c2ccccc2)nc1-c1ccc(Br)cc1. The monoisotopic (exact) mass is 399 g/mol. The predicted molar refractivity (Wildman–Crippen MR) is 101 cm³/mol. The summed E-state index contributed by atoms with van der Waals surface area (Å²) in [5.41, 5.74) is 2.88. The molecule has 128 valence electrons. The number of benzene rings is 2. The van der Waals surface area contributed by atoms with Crippen LogP contribution in [0.2, 0.25) is 0 Å². The van der Waals surface area contributed by atoms with E-state index in [2.05, 4.69) is 26.3 Å². The van der Waals surface area contributed by atoms with Gasteiger partial charge in [-0.3, -0.25) is 4.79 Å². The summed E-state index contributed by atoms with van der Waals surface area (Å²) >= 11 is 3.42. The minimum absolute atomic E-state index is 0.0448. The van der Waals surface area contributed by atoms with Gasteiger partial charge in [0.1, 0.15) is 5.69 Å². The third kappa shape index (κ3) is 4.15. The molecular formula is C19H18BrN3O2. The Labute approximate surface area is 154 Å². The van der Waals surface area contributed by atoms with Crippen molar-refractivity contribution in [3.8, 4) is 16.9 Å². The van der Waals surface area contributed by atoms with Gasteiger partial charge in [-0.2, -0.15) is 5.10 Å². The molecular weight excluding hydrogens is 382 g/mol. The van der Waals surface area contributed by atoms with E-state index in [0.717, 1.165) is 15.7 Å². The average molecular weight is 400 g/mol. The predicted octanol–water partition coefficient (Wildman–Crippen LogP) is 3.41. The number of para-hydroxylation sites is 1. The Hall–Kier alpha value is -2.44. The summed E-state index contributed by atoms with van der Waals surface area (Å²) in [5.74, 6) is -0.200. The number of aliphatic hydroxyl groups is 1. The van der Waals surface area contributed by atoms with Crippen LogP contribution in [0.15, 0.2) is 65.3 Å². The average Bonchev–Trinajstić information content (AvgIpc) is 3.09. The van der Waals surface area contributed by atoms with Gasteiger partial charge in [0.05, 0.1) is 11.3 Å². The molecule has 0 unspecified atom stereocenters. The number of aromatic nitrogens is 2. The van der Waals surface area contributed by atoms with Crippen LogP contribution >= 0.6 is 15.9 Å². The van der Waals surface area contributed by atoms with E-state index >= 15 is 0 Å². The number of halogens is 1. The molecule has 0 aliphatic rings. The zero-order valence-electron chi connectivity index (χ0n) is 13.5. The first-order valence-corrected chi connectivity index (χ1v) is 8.78. The normalized spacial score (nSPS) is 10.6. The van der Waals surface area contributed by atoms with E-state index in [4.69, 9.17) is 5.11 Å². The lowest BCUT2D eigenvalue weighted by molar-refractivity contribution is 0.0952. The Balaban J connectivity index is 2.00. The molecule has 0 saturated heterocycles. The number of hydrogen-bond acceptors (Lipinski definition) is 3. The van der Waals surface area contributed by atoms with Crippen LogP contribution in [0.3, 0.4) is 0 Å². The highest BCUT2D eigenvalue weighted by atomic mass is 79.9. The second-order valence-electron chi connectivity index (χ2n) is 5.51. The largest absolute Gasteiger partial charge is 0.396 e. The molecule has 5 nitrogen and oxygen atoms in total. The summed E-state index contributed by atoms with van der Waals surface area (Å²) < 4.78 is 2.67.